The number of nitrogens with zero attached hydrogens (tertiary/aromatic N) is 1. The minimum atomic E-state index is -3.67. The average Bonchev–Trinajstić information content (AvgIpc) is 2.39. The zero-order valence-electron chi connectivity index (χ0n) is 4.40. The van der Waals surface area contributed by atoms with Crippen molar-refractivity contribution in [1.82, 2.24) is 4.98 Å². The zero-order valence-corrected chi connectivity index (χ0v) is 6.12. The molecule has 0 atom stereocenters. The van der Waals surface area contributed by atoms with Gasteiger partial charge in [-0.3, -0.25) is 0 Å². The summed E-state index contributed by atoms with van der Waals surface area (Å²) in [6.45, 7) is 0. The molecule has 2 heterocycles. The van der Waals surface area contributed by atoms with Gasteiger partial charge in [-0.25, -0.2) is 0 Å². The third-order valence-electron chi connectivity index (χ3n) is 1.24. The molecular weight excluding hydrogens is 185 g/mol. The first-order chi connectivity index (χ1) is 4.23. The van der Waals surface area contributed by atoms with Gasteiger partial charge in [-0.05, 0) is 0 Å². The van der Waals surface area contributed by atoms with Crippen molar-refractivity contribution in [2.75, 3.05) is 0 Å². The molecule has 0 bridgehead atoms. The van der Waals surface area contributed by atoms with E-state index in [4.69, 9.17) is 0 Å². The Morgan fingerprint density at radius 3 is 2.67 bits per heavy atom. The van der Waals surface area contributed by atoms with Crippen LogP contribution in [0, 0.1) is 0 Å². The predicted octanol–water partition coefficient (Wildman–Crippen LogP) is -1.19. The molecule has 3 nitrogen and oxygen atoms in total. The van der Waals surface area contributed by atoms with E-state index in [1.54, 1.807) is 12.1 Å². The van der Waals surface area contributed by atoms with Crippen LogP contribution in [-0.2, 0) is 7.67 Å². The second kappa shape index (κ2) is 1.23. The molecule has 0 fully saturated rings. The quantitative estimate of drug-likeness (QED) is 0.488. The molecule has 0 aliphatic carbocycles. The molecule has 0 saturated heterocycles. The number of pyridine rings is 1. The van der Waals surface area contributed by atoms with E-state index in [-0.39, 0.29) is 0 Å². The molecule has 0 amide bonds. The van der Waals surface area contributed by atoms with Crippen molar-refractivity contribution < 1.29 is 7.67 Å². The van der Waals surface area contributed by atoms with Crippen molar-refractivity contribution in [3.63, 3.8) is 0 Å². The Morgan fingerprint density at radius 1 is 1.44 bits per heavy atom. The van der Waals surface area contributed by atoms with E-state index in [0.717, 1.165) is 0 Å². The van der Waals surface area contributed by atoms with Crippen LogP contribution in [0.2, 0.25) is 0 Å². The van der Waals surface area contributed by atoms with Gasteiger partial charge in [0.25, 0.3) is 0 Å². The average molecular weight is 188 g/mol. The fourth-order valence-corrected chi connectivity index (χ4v) is 3.52. The molecule has 0 N–H and O–H groups in total. The zero-order chi connectivity index (χ0) is 6.48. The summed E-state index contributed by atoms with van der Waals surface area (Å²) in [5.74, 6) is 0. The second-order valence-electron chi connectivity index (χ2n) is 1.81. The van der Waals surface area contributed by atoms with Gasteiger partial charge < -0.3 is 0 Å². The van der Waals surface area contributed by atoms with E-state index >= 15 is 0 Å². The van der Waals surface area contributed by atoms with Crippen LogP contribution < -0.4 is 9.05 Å². The Kier molecular flexibility index (Phi) is 0.693. The first-order valence-electron chi connectivity index (χ1n) is 2.43. The molecule has 1 aromatic heterocycles. The molecule has 9 heavy (non-hydrogen) atoms. The van der Waals surface area contributed by atoms with Gasteiger partial charge in [0.05, 0.1) is 0 Å². The van der Waals surface area contributed by atoms with E-state index in [0.29, 0.717) is 9.05 Å². The van der Waals surface area contributed by atoms with Crippen LogP contribution in [0.3, 0.4) is 0 Å². The second-order valence-corrected chi connectivity index (χ2v) is 5.66. The Balaban J connectivity index is 2.86. The van der Waals surface area contributed by atoms with Gasteiger partial charge in [0.1, 0.15) is 0 Å². The van der Waals surface area contributed by atoms with Crippen LogP contribution >= 0.6 is 0 Å². The van der Waals surface area contributed by atoms with Gasteiger partial charge in [0.15, 0.2) is 0 Å². The summed E-state index contributed by atoms with van der Waals surface area (Å²) in [7, 11) is 0. The Morgan fingerprint density at radius 2 is 2.22 bits per heavy atom. The monoisotopic (exact) mass is 189 g/mol. The van der Waals surface area contributed by atoms with Crippen LogP contribution in [0.1, 0.15) is 0 Å². The maximum absolute atomic E-state index is 10.7. The van der Waals surface area contributed by atoms with E-state index < -0.39 is 12.7 Å². The van der Waals surface area contributed by atoms with Gasteiger partial charge in [0.2, 0.25) is 0 Å². The van der Waals surface area contributed by atoms with Gasteiger partial charge in [-0.2, -0.15) is 0 Å². The predicted molar refractivity (Wildman–Crippen MR) is 30.6 cm³/mol. The number of aromatic nitrogens is 1. The fraction of sp³-hybridized carbons (Fsp3) is 0. The van der Waals surface area contributed by atoms with Crippen molar-refractivity contribution in [1.29, 1.82) is 0 Å². The van der Waals surface area contributed by atoms with E-state index in [9.17, 15) is 7.67 Å². The molecule has 2 rings (SSSR count). The van der Waals surface area contributed by atoms with E-state index in [1.165, 1.54) is 6.20 Å². The van der Waals surface area contributed by atoms with Gasteiger partial charge in [0, 0.05) is 0 Å². The molecule has 0 saturated carbocycles. The Hall–Kier alpha value is -0.731. The van der Waals surface area contributed by atoms with Crippen molar-refractivity contribution in [2.45, 2.75) is 0 Å². The van der Waals surface area contributed by atoms with Gasteiger partial charge >= 0.3 is 52.7 Å². The number of hydrogen-bond donors (Lipinski definition) is 0. The summed E-state index contributed by atoms with van der Waals surface area (Å²) in [4.78, 5) is 3.67. The summed E-state index contributed by atoms with van der Waals surface area (Å²) in [6.07, 6.45) is 1.49. The van der Waals surface area contributed by atoms with Crippen LogP contribution in [0.25, 0.3) is 0 Å². The molecule has 0 spiro atoms. The molecule has 4 heteroatoms. The normalized spacial score (nSPS) is 18.7. The summed E-state index contributed by atoms with van der Waals surface area (Å²) in [6, 6.07) is 3.22. The summed E-state index contributed by atoms with van der Waals surface area (Å²) in [5.41, 5.74) is 0. The van der Waals surface area contributed by atoms with Crippen molar-refractivity contribution >= 4 is 21.8 Å². The van der Waals surface area contributed by atoms with E-state index in [2.05, 4.69) is 4.98 Å². The molecule has 1 aromatic rings. The molecule has 0 aromatic carbocycles. The first kappa shape index (κ1) is 5.09. The van der Waals surface area contributed by atoms with Crippen molar-refractivity contribution in [2.24, 2.45) is 0 Å². The minimum absolute atomic E-state index is 0.314. The topological polar surface area (TPSA) is 47.0 Å². The summed E-state index contributed by atoms with van der Waals surface area (Å²) < 4.78 is 22.2. The first-order valence-corrected chi connectivity index (χ1v) is 5.54. The van der Waals surface area contributed by atoms with Crippen LogP contribution in [0.15, 0.2) is 18.3 Å². The molecule has 0 unspecified atom stereocenters. The number of hydrogen-bond acceptors (Lipinski definition) is 3. The SMILES string of the molecule is O=[Se]1(=O)c2cccnc21. The summed E-state index contributed by atoms with van der Waals surface area (Å²) >= 11 is -3.67. The standard InChI is InChI=1S/C5H3NO2Se/c7-9(8)4-2-1-3-6-5(4)9/h1-3H. The number of fused-ring (bicyclic) bond motifs is 1. The molecule has 0 radical (unpaired) electrons. The molecule has 46 valence electrons. The Labute approximate surface area is 53.4 Å². The molecule has 1 aliphatic heterocycles. The summed E-state index contributed by atoms with van der Waals surface area (Å²) in [5, 5.41) is 0. The third-order valence-corrected chi connectivity index (χ3v) is 4.47. The molecule has 1 aliphatic rings. The van der Waals surface area contributed by atoms with Crippen molar-refractivity contribution in [3.8, 4) is 0 Å². The fourth-order valence-electron chi connectivity index (χ4n) is 0.733. The van der Waals surface area contributed by atoms with Gasteiger partial charge in [-0.1, -0.05) is 0 Å². The van der Waals surface area contributed by atoms with E-state index in [1.807, 2.05) is 0 Å². The third kappa shape index (κ3) is 0.491. The maximum atomic E-state index is 10.7. The van der Waals surface area contributed by atoms with Gasteiger partial charge in [-0.15, -0.1) is 0 Å². The number of rotatable bonds is 0. The van der Waals surface area contributed by atoms with Crippen LogP contribution in [0.4, 0.5) is 0 Å². The van der Waals surface area contributed by atoms with Crippen molar-refractivity contribution in [3.05, 3.63) is 18.3 Å². The molecular formula is C5H3NO2Se. The van der Waals surface area contributed by atoms with Crippen LogP contribution in [-0.4, -0.2) is 17.7 Å². The Bertz CT molecular complexity index is 326. The van der Waals surface area contributed by atoms with Crippen LogP contribution in [0.5, 0.6) is 0 Å².